The van der Waals surface area contributed by atoms with Crippen LogP contribution in [0.5, 0.6) is 5.75 Å². The van der Waals surface area contributed by atoms with Crippen molar-refractivity contribution in [1.82, 2.24) is 4.90 Å². The molecule has 0 bridgehead atoms. The van der Waals surface area contributed by atoms with E-state index in [0.29, 0.717) is 16.5 Å². The highest BCUT2D eigenvalue weighted by atomic mass is 35.5. The summed E-state index contributed by atoms with van der Waals surface area (Å²) in [6, 6.07) is 13.3. The smallest absolute Gasteiger partial charge is 0.228 e. The number of methoxy groups -OCH3 is 1. The number of halogens is 1. The minimum absolute atomic E-state index is 0.0628. The molecule has 6 nitrogen and oxygen atoms in total. The zero-order valence-corrected chi connectivity index (χ0v) is 18.7. The first-order valence-corrected chi connectivity index (χ1v) is 11.0. The van der Waals surface area contributed by atoms with Crippen molar-refractivity contribution in [3.05, 3.63) is 53.1 Å². The van der Waals surface area contributed by atoms with Crippen molar-refractivity contribution < 1.29 is 14.3 Å². The van der Waals surface area contributed by atoms with Gasteiger partial charge >= 0.3 is 0 Å². The van der Waals surface area contributed by atoms with Crippen molar-refractivity contribution in [2.75, 3.05) is 30.8 Å². The quantitative estimate of drug-likeness (QED) is 0.690. The summed E-state index contributed by atoms with van der Waals surface area (Å²) in [5.74, 6) is 0.697. The normalized spacial score (nSPS) is 19.6. The minimum atomic E-state index is -0.0628. The molecule has 1 unspecified atom stereocenters. The molecule has 0 radical (unpaired) electrons. The maximum Gasteiger partial charge on any atom is 0.228 e. The lowest BCUT2D eigenvalue weighted by atomic mass is 9.90. The fraction of sp³-hybridized carbons (Fsp3) is 0.417. The molecule has 2 N–H and O–H groups in total. The van der Waals surface area contributed by atoms with E-state index in [1.165, 1.54) is 12.5 Å². The second-order valence-corrected chi connectivity index (χ2v) is 9.02. The second kappa shape index (κ2) is 8.89. The van der Waals surface area contributed by atoms with Gasteiger partial charge in [0.15, 0.2) is 0 Å². The van der Waals surface area contributed by atoms with Gasteiger partial charge in [-0.1, -0.05) is 23.7 Å². The fourth-order valence-electron chi connectivity index (χ4n) is 4.56. The number of carbonyl (C=O) groups excluding carboxylic acids is 2. The number of anilines is 2. The van der Waals surface area contributed by atoms with E-state index in [1.54, 1.807) is 19.2 Å². The van der Waals surface area contributed by atoms with E-state index >= 15 is 0 Å². The largest absolute Gasteiger partial charge is 0.495 e. The standard InChI is InChI=1S/C24H28ClN3O3/c1-16(29)26-18-5-3-17(4-6-18)15-28-11-9-24(10-12-28)14-20(24)23(30)27-19-7-8-22(31-2)21(25)13-19/h3-8,13,20H,9-12,14-15H2,1-2H3,(H,26,29)(H,27,30). The number of benzene rings is 2. The summed E-state index contributed by atoms with van der Waals surface area (Å²) >= 11 is 6.16. The SMILES string of the molecule is COc1ccc(NC(=O)C2CC23CCN(Cc2ccc(NC(C)=O)cc2)CC3)cc1Cl. The molecule has 4 rings (SSSR count). The maximum absolute atomic E-state index is 12.8. The van der Waals surface area contributed by atoms with Gasteiger partial charge in [0, 0.05) is 30.8 Å². The minimum Gasteiger partial charge on any atom is -0.495 e. The fourth-order valence-corrected chi connectivity index (χ4v) is 4.81. The summed E-state index contributed by atoms with van der Waals surface area (Å²) in [5, 5.41) is 6.30. The predicted molar refractivity (Wildman–Crippen MR) is 122 cm³/mol. The van der Waals surface area contributed by atoms with E-state index in [1.807, 2.05) is 18.2 Å². The molecule has 1 spiro atoms. The Hall–Kier alpha value is -2.57. The molecule has 1 heterocycles. The molecule has 2 aliphatic rings. The summed E-state index contributed by atoms with van der Waals surface area (Å²) < 4.78 is 5.16. The van der Waals surface area contributed by atoms with Crippen molar-refractivity contribution in [2.24, 2.45) is 11.3 Å². The van der Waals surface area contributed by atoms with Crippen molar-refractivity contribution in [3.63, 3.8) is 0 Å². The van der Waals surface area contributed by atoms with Crippen LogP contribution in [0.15, 0.2) is 42.5 Å². The Morgan fingerprint density at radius 1 is 1.10 bits per heavy atom. The number of likely N-dealkylation sites (tertiary alicyclic amines) is 1. The highest BCUT2D eigenvalue weighted by Gasteiger charge is 2.58. The van der Waals surface area contributed by atoms with E-state index in [4.69, 9.17) is 16.3 Å². The second-order valence-electron chi connectivity index (χ2n) is 8.61. The maximum atomic E-state index is 12.8. The summed E-state index contributed by atoms with van der Waals surface area (Å²) in [7, 11) is 1.57. The number of rotatable bonds is 6. The first-order chi connectivity index (χ1) is 14.9. The number of carbonyl (C=O) groups is 2. The van der Waals surface area contributed by atoms with Gasteiger partial charge < -0.3 is 15.4 Å². The number of nitrogens with one attached hydrogen (secondary N) is 2. The highest BCUT2D eigenvalue weighted by Crippen LogP contribution is 2.59. The van der Waals surface area contributed by atoms with Gasteiger partial charge in [0.1, 0.15) is 5.75 Å². The Morgan fingerprint density at radius 2 is 1.77 bits per heavy atom. The Balaban J connectivity index is 1.26. The topological polar surface area (TPSA) is 70.7 Å². The van der Waals surface area contributed by atoms with E-state index in [-0.39, 0.29) is 23.1 Å². The average molecular weight is 442 g/mol. The van der Waals surface area contributed by atoms with Crippen LogP contribution in [-0.4, -0.2) is 36.9 Å². The zero-order valence-electron chi connectivity index (χ0n) is 17.9. The molecular formula is C24H28ClN3O3. The third kappa shape index (κ3) is 5.02. The van der Waals surface area contributed by atoms with Crippen LogP contribution in [0.3, 0.4) is 0 Å². The molecule has 164 valence electrons. The summed E-state index contributed by atoms with van der Waals surface area (Å²) in [4.78, 5) is 26.3. The average Bonchev–Trinajstić information content (AvgIpc) is 3.45. The lowest BCUT2D eigenvalue weighted by molar-refractivity contribution is -0.118. The molecule has 2 fully saturated rings. The first kappa shape index (κ1) is 21.7. The number of amides is 2. The van der Waals surface area contributed by atoms with E-state index < -0.39 is 0 Å². The summed E-state index contributed by atoms with van der Waals surface area (Å²) in [5.41, 5.74) is 2.90. The van der Waals surface area contributed by atoms with Crippen LogP contribution in [0.1, 0.15) is 31.7 Å². The van der Waals surface area contributed by atoms with Crippen LogP contribution >= 0.6 is 11.6 Å². The molecule has 2 amide bonds. The van der Waals surface area contributed by atoms with Crippen LogP contribution in [0, 0.1) is 11.3 Å². The molecule has 1 atom stereocenters. The molecule has 31 heavy (non-hydrogen) atoms. The number of ether oxygens (including phenoxy) is 1. The van der Waals surface area contributed by atoms with Crippen molar-refractivity contribution in [2.45, 2.75) is 32.7 Å². The van der Waals surface area contributed by atoms with E-state index in [0.717, 1.165) is 44.6 Å². The molecule has 0 aromatic heterocycles. The zero-order chi connectivity index (χ0) is 22.0. The Bertz CT molecular complexity index is 969. The van der Waals surface area contributed by atoms with E-state index in [9.17, 15) is 9.59 Å². The molecule has 1 aliphatic carbocycles. The van der Waals surface area contributed by atoms with Crippen LogP contribution < -0.4 is 15.4 Å². The van der Waals surface area contributed by atoms with E-state index in [2.05, 4.69) is 27.7 Å². The van der Waals surface area contributed by atoms with Crippen molar-refractivity contribution in [3.8, 4) is 5.75 Å². The van der Waals surface area contributed by atoms with Crippen molar-refractivity contribution >= 4 is 34.8 Å². The van der Waals surface area contributed by atoms with Gasteiger partial charge in [0.2, 0.25) is 11.8 Å². The Labute approximate surface area is 187 Å². The lowest BCUT2D eigenvalue weighted by Gasteiger charge is -2.32. The predicted octanol–water partition coefficient (Wildman–Crippen LogP) is 4.55. The van der Waals surface area contributed by atoms with Gasteiger partial charge in [-0.2, -0.15) is 0 Å². The number of nitrogens with zero attached hydrogens (tertiary/aromatic N) is 1. The molecule has 2 aromatic carbocycles. The molecule has 1 aliphatic heterocycles. The summed E-state index contributed by atoms with van der Waals surface area (Å²) in [6.07, 6.45) is 3.04. The van der Waals surface area contributed by atoms with Gasteiger partial charge in [0.05, 0.1) is 12.1 Å². The van der Waals surface area contributed by atoms with Gasteiger partial charge in [-0.05, 0) is 73.7 Å². The van der Waals surface area contributed by atoms with Crippen LogP contribution in [-0.2, 0) is 16.1 Å². The Morgan fingerprint density at radius 3 is 2.39 bits per heavy atom. The van der Waals surface area contributed by atoms with Gasteiger partial charge in [-0.15, -0.1) is 0 Å². The molecule has 2 aromatic rings. The molecular weight excluding hydrogens is 414 g/mol. The van der Waals surface area contributed by atoms with Gasteiger partial charge in [-0.25, -0.2) is 0 Å². The molecule has 1 saturated carbocycles. The number of hydrogen-bond acceptors (Lipinski definition) is 4. The third-order valence-electron chi connectivity index (χ3n) is 6.46. The lowest BCUT2D eigenvalue weighted by Crippen LogP contribution is -2.35. The monoisotopic (exact) mass is 441 g/mol. The highest BCUT2D eigenvalue weighted by molar-refractivity contribution is 6.32. The van der Waals surface area contributed by atoms with Crippen LogP contribution in [0.25, 0.3) is 0 Å². The third-order valence-corrected chi connectivity index (χ3v) is 6.75. The van der Waals surface area contributed by atoms with Crippen LogP contribution in [0.2, 0.25) is 5.02 Å². The molecule has 7 heteroatoms. The van der Waals surface area contributed by atoms with Crippen molar-refractivity contribution in [1.29, 1.82) is 0 Å². The first-order valence-electron chi connectivity index (χ1n) is 10.6. The Kier molecular flexibility index (Phi) is 6.21. The van der Waals surface area contributed by atoms with Gasteiger partial charge in [-0.3, -0.25) is 14.5 Å². The van der Waals surface area contributed by atoms with Gasteiger partial charge in [0.25, 0.3) is 0 Å². The number of hydrogen-bond donors (Lipinski definition) is 2. The molecule has 1 saturated heterocycles. The number of piperidine rings is 1. The summed E-state index contributed by atoms with van der Waals surface area (Å²) in [6.45, 7) is 4.38. The van der Waals surface area contributed by atoms with Crippen LogP contribution in [0.4, 0.5) is 11.4 Å².